The molecule has 0 saturated heterocycles. The largest absolute Gasteiger partial charge is 0.331 e. The zero-order valence-corrected chi connectivity index (χ0v) is 31.9. The first kappa shape index (κ1) is 38.7. The van der Waals surface area contributed by atoms with E-state index >= 15 is 0 Å². The van der Waals surface area contributed by atoms with Crippen molar-refractivity contribution >= 4 is 86.2 Å². The van der Waals surface area contributed by atoms with Gasteiger partial charge in [-0.25, -0.2) is 9.59 Å². The molecule has 0 spiro atoms. The van der Waals surface area contributed by atoms with E-state index < -0.39 is 39.8 Å². The van der Waals surface area contributed by atoms with E-state index in [1.807, 2.05) is 0 Å². The highest BCUT2D eigenvalue weighted by Crippen LogP contribution is 2.43. The van der Waals surface area contributed by atoms with Crippen molar-refractivity contribution in [2.75, 3.05) is 42.3 Å². The Labute approximate surface area is 273 Å². The minimum absolute atomic E-state index is 0.162. The fraction of sp³-hybridized carbons (Fsp3) is 0.643. The van der Waals surface area contributed by atoms with E-state index in [-0.39, 0.29) is 43.3 Å². The van der Waals surface area contributed by atoms with Gasteiger partial charge in [0, 0.05) is 58.4 Å². The van der Waals surface area contributed by atoms with Gasteiger partial charge in [0.2, 0.25) is 0 Å². The second-order valence-electron chi connectivity index (χ2n) is 13.5. The maximum atomic E-state index is 14.5. The highest BCUT2D eigenvalue weighted by Gasteiger charge is 2.39. The van der Waals surface area contributed by atoms with Crippen molar-refractivity contribution in [1.29, 1.82) is 0 Å². The third-order valence-corrected chi connectivity index (χ3v) is 12.4. The summed E-state index contributed by atoms with van der Waals surface area (Å²) in [6, 6.07) is -1.23. The van der Waals surface area contributed by atoms with Gasteiger partial charge in [0.25, 0.3) is 0 Å². The van der Waals surface area contributed by atoms with Crippen LogP contribution in [0.4, 0.5) is 9.59 Å². The van der Waals surface area contributed by atoms with E-state index in [1.165, 1.54) is 19.6 Å². The van der Waals surface area contributed by atoms with Gasteiger partial charge >= 0.3 is 12.1 Å². The predicted molar refractivity (Wildman–Crippen MR) is 182 cm³/mol. The Hall–Kier alpha value is -1.31. The molecule has 1 aromatic carbocycles. The lowest BCUT2D eigenvalue weighted by molar-refractivity contribution is 0.0819. The molecule has 0 N–H and O–H groups in total. The molecule has 8 nitrogen and oxygen atoms in total. The average molecular weight is 701 g/mol. The van der Waals surface area contributed by atoms with Gasteiger partial charge in [-0.2, -0.15) is 0 Å². The number of carbonyl (C=O) groups is 4. The van der Waals surface area contributed by atoms with Crippen LogP contribution in [0, 0.1) is 0 Å². The molecule has 0 fully saturated rings. The molecule has 0 bridgehead atoms. The van der Waals surface area contributed by atoms with Crippen molar-refractivity contribution < 1.29 is 19.2 Å². The fourth-order valence-electron chi connectivity index (χ4n) is 4.47. The quantitative estimate of drug-likeness (QED) is 0.0956. The van der Waals surface area contributed by atoms with Crippen LogP contribution in [0.1, 0.15) is 33.6 Å². The minimum Gasteiger partial charge on any atom is -0.331 e. The Morgan fingerprint density at radius 2 is 0.810 bits per heavy atom. The topological polar surface area (TPSA) is 81.2 Å². The molecule has 4 amide bonds. The Balaban J connectivity index is 4.00. The zero-order valence-electron chi connectivity index (χ0n) is 26.9. The molecule has 0 saturated carbocycles. The number of nitrogens with zero attached hydrogens (tertiary/aromatic N) is 4. The second kappa shape index (κ2) is 15.1. The molecule has 0 aliphatic carbocycles. The summed E-state index contributed by atoms with van der Waals surface area (Å²) in [5.41, 5.74) is -0.382. The van der Waals surface area contributed by atoms with Crippen LogP contribution in [0.25, 0.3) is 0 Å². The van der Waals surface area contributed by atoms with Gasteiger partial charge in [-0.15, -0.1) is 0 Å². The van der Waals surface area contributed by atoms with Crippen molar-refractivity contribution in [2.24, 2.45) is 0 Å². The molecular formula is C28H46Cl4N4O4Si2. The second-order valence-corrected chi connectivity index (χ2v) is 26.3. The molecule has 2 atom stereocenters. The third-order valence-electron chi connectivity index (χ3n) is 7.00. The van der Waals surface area contributed by atoms with Crippen molar-refractivity contribution in [3.8, 4) is 0 Å². The van der Waals surface area contributed by atoms with E-state index in [0.29, 0.717) is 12.8 Å². The molecule has 0 heterocycles. The zero-order chi connectivity index (χ0) is 33.1. The lowest BCUT2D eigenvalue weighted by Gasteiger charge is -2.33. The van der Waals surface area contributed by atoms with E-state index in [9.17, 15) is 19.2 Å². The van der Waals surface area contributed by atoms with E-state index in [2.05, 4.69) is 39.3 Å². The maximum Gasteiger partial charge on any atom is 0.319 e. The number of hydrogen-bond donors (Lipinski definition) is 0. The maximum absolute atomic E-state index is 14.5. The molecule has 42 heavy (non-hydrogen) atoms. The van der Waals surface area contributed by atoms with Crippen LogP contribution in [-0.2, 0) is 0 Å². The summed E-state index contributed by atoms with van der Waals surface area (Å²) in [6.07, 6.45) is 0.703. The molecule has 1 rings (SSSR count). The Kier molecular flexibility index (Phi) is 13.9. The number of amides is 4. The Morgan fingerprint density at radius 3 is 1.02 bits per heavy atom. The number of ketones is 2. The number of halogens is 4. The van der Waals surface area contributed by atoms with Crippen molar-refractivity contribution in [2.45, 2.75) is 76.3 Å². The van der Waals surface area contributed by atoms with Gasteiger partial charge in [-0.3, -0.25) is 9.59 Å². The molecule has 0 radical (unpaired) electrons. The summed E-state index contributed by atoms with van der Waals surface area (Å²) in [5, 5.41) is -0.752. The van der Waals surface area contributed by atoms with Crippen molar-refractivity contribution in [1.82, 2.24) is 19.6 Å². The number of rotatable bonds is 12. The fourth-order valence-corrected chi connectivity index (χ4v) is 7.78. The molecular weight excluding hydrogens is 654 g/mol. The summed E-state index contributed by atoms with van der Waals surface area (Å²) < 4.78 is 0. The number of likely N-dealkylation sites (N-methyl/N-ethyl adjacent to an activating group) is 2. The van der Waals surface area contributed by atoms with Crippen molar-refractivity contribution in [3.05, 3.63) is 31.2 Å². The number of carbonyl (C=O) groups excluding carboxylic acids is 4. The molecule has 0 aliphatic rings. The van der Waals surface area contributed by atoms with E-state index in [0.717, 1.165) is 12.1 Å². The average Bonchev–Trinajstić information content (AvgIpc) is 2.86. The lowest BCUT2D eigenvalue weighted by Crippen LogP contribution is -2.49. The summed E-state index contributed by atoms with van der Waals surface area (Å²) >= 11 is 26.3. The summed E-state index contributed by atoms with van der Waals surface area (Å²) in [5.74, 6) is -1.13. The number of Topliss-reactive ketones (excluding diaryl/α,β-unsaturated/α-hetero) is 2. The van der Waals surface area contributed by atoms with Crippen LogP contribution in [0.5, 0.6) is 0 Å². The number of urea groups is 2. The van der Waals surface area contributed by atoms with E-state index in [4.69, 9.17) is 46.4 Å². The molecule has 0 aromatic heterocycles. The summed E-state index contributed by atoms with van der Waals surface area (Å²) in [4.78, 5) is 60.5. The first-order chi connectivity index (χ1) is 18.9. The van der Waals surface area contributed by atoms with Gasteiger partial charge in [-0.05, 0) is 12.8 Å². The van der Waals surface area contributed by atoms with Crippen molar-refractivity contribution in [3.63, 3.8) is 0 Å². The highest BCUT2D eigenvalue weighted by molar-refractivity contribution is 6.76. The normalized spacial score (nSPS) is 13.3. The lowest BCUT2D eigenvalue weighted by atomic mass is 9.90. The van der Waals surface area contributed by atoms with Crippen LogP contribution in [0.3, 0.4) is 0 Å². The minimum atomic E-state index is -1.66. The summed E-state index contributed by atoms with van der Waals surface area (Å²) in [6.45, 7) is 13.0. The molecule has 2 unspecified atom stereocenters. The SMILES string of the molecule is CN(C)C(=O)N(C)C(CC[Si](C)(C)C)C(=O)c1c(Cl)c(Cl)c(Cl)c(Cl)c1C(=O)C(CC[Si](C)(C)C)N(C)C(=O)N(C)C. The monoisotopic (exact) mass is 698 g/mol. The van der Waals surface area contributed by atoms with E-state index in [1.54, 1.807) is 42.3 Å². The highest BCUT2D eigenvalue weighted by atomic mass is 35.5. The molecule has 1 aromatic rings. The van der Waals surface area contributed by atoms with Gasteiger partial charge < -0.3 is 19.6 Å². The van der Waals surface area contributed by atoms with Crippen LogP contribution in [0.2, 0.25) is 71.5 Å². The van der Waals surface area contributed by atoms with Gasteiger partial charge in [0.05, 0.1) is 43.3 Å². The summed E-state index contributed by atoms with van der Waals surface area (Å²) in [7, 11) is 6.15. The molecule has 238 valence electrons. The first-order valence-corrected chi connectivity index (χ1v) is 22.7. The van der Waals surface area contributed by atoms with Crippen LogP contribution < -0.4 is 0 Å². The standard InChI is InChI=1S/C28H46Cl4N4O4Si2/c1-33(2)27(39)35(5)17(13-15-41(7,8)9)25(37)19-20(22(30)24(32)23(31)21(19)29)26(38)18(14-16-42(10,11)12)36(6)28(40)34(3)4/h17-18H,13-16H2,1-12H3. The smallest absolute Gasteiger partial charge is 0.319 e. The number of hydrogen-bond acceptors (Lipinski definition) is 4. The van der Waals surface area contributed by atoms with Crippen LogP contribution in [-0.4, -0.2) is 114 Å². The third kappa shape index (κ3) is 9.85. The van der Waals surface area contributed by atoms with Crippen LogP contribution in [0.15, 0.2) is 0 Å². The van der Waals surface area contributed by atoms with Gasteiger partial charge in [0.1, 0.15) is 0 Å². The Morgan fingerprint density at radius 1 is 0.548 bits per heavy atom. The molecule has 0 aliphatic heterocycles. The van der Waals surface area contributed by atoms with Gasteiger partial charge in [-0.1, -0.05) is 97.8 Å². The Bertz CT molecular complexity index is 1110. The molecule has 14 heteroatoms. The predicted octanol–water partition coefficient (Wildman–Crippen LogP) is 8.09. The van der Waals surface area contributed by atoms with Gasteiger partial charge in [0.15, 0.2) is 11.6 Å². The first-order valence-electron chi connectivity index (χ1n) is 13.8. The van der Waals surface area contributed by atoms with Crippen LogP contribution >= 0.6 is 46.4 Å². The number of benzene rings is 1.